The molecule has 0 aliphatic carbocycles. The fourth-order valence-electron chi connectivity index (χ4n) is 4.69. The second kappa shape index (κ2) is 11.1. The number of nitrogens with zero attached hydrogens (tertiary/aromatic N) is 4. The van der Waals surface area contributed by atoms with Crippen molar-refractivity contribution in [2.75, 3.05) is 11.9 Å². The third-order valence-electron chi connectivity index (χ3n) is 6.71. The van der Waals surface area contributed by atoms with Gasteiger partial charge in [0.1, 0.15) is 12.4 Å². The molecular weight excluding hydrogens is 608 g/mol. The molecule has 9 nitrogen and oxygen atoms in total. The SMILES string of the molecule is O=C(CN1C(=O)c2ccccc2C1=O)NCc1cccc(CNc2cc(-c3ccccc3Cl)nc3c(Br)cnn23)c1. The van der Waals surface area contributed by atoms with E-state index in [1.54, 1.807) is 35.0 Å². The minimum atomic E-state index is -0.457. The molecule has 0 unspecified atom stereocenters. The first-order valence-electron chi connectivity index (χ1n) is 12.7. The van der Waals surface area contributed by atoms with E-state index in [4.69, 9.17) is 16.6 Å². The zero-order valence-electron chi connectivity index (χ0n) is 21.5. The lowest BCUT2D eigenvalue weighted by atomic mass is 10.1. The maximum Gasteiger partial charge on any atom is 0.262 e. The number of fused-ring (bicyclic) bond motifs is 2. The lowest BCUT2D eigenvalue weighted by Gasteiger charge is -2.14. The number of hydrogen-bond acceptors (Lipinski definition) is 6. The van der Waals surface area contributed by atoms with E-state index < -0.39 is 17.7 Å². The Morgan fingerprint density at radius 1 is 0.854 bits per heavy atom. The quantitative estimate of drug-likeness (QED) is 0.225. The number of benzene rings is 3. The zero-order chi connectivity index (χ0) is 28.5. The number of halogens is 2. The first-order valence-corrected chi connectivity index (χ1v) is 13.9. The molecule has 2 aromatic heterocycles. The Morgan fingerprint density at radius 3 is 2.22 bits per heavy atom. The molecule has 3 amide bonds. The molecule has 0 spiro atoms. The van der Waals surface area contributed by atoms with Crippen LogP contribution in [0.2, 0.25) is 5.02 Å². The van der Waals surface area contributed by atoms with Gasteiger partial charge in [0.05, 0.1) is 27.5 Å². The second-order valence-corrected chi connectivity index (χ2v) is 10.7. The van der Waals surface area contributed by atoms with Gasteiger partial charge in [-0.1, -0.05) is 66.2 Å². The van der Waals surface area contributed by atoms with Crippen LogP contribution in [0.25, 0.3) is 16.9 Å². The Kier molecular flexibility index (Phi) is 7.25. The van der Waals surface area contributed by atoms with Gasteiger partial charge in [-0.15, -0.1) is 0 Å². The third-order valence-corrected chi connectivity index (χ3v) is 7.60. The van der Waals surface area contributed by atoms with E-state index in [1.807, 2.05) is 54.6 Å². The number of carbonyl (C=O) groups is 3. The number of aromatic nitrogens is 3. The van der Waals surface area contributed by atoms with E-state index in [0.717, 1.165) is 31.9 Å². The average molecular weight is 630 g/mol. The summed E-state index contributed by atoms with van der Waals surface area (Å²) in [7, 11) is 0. The van der Waals surface area contributed by atoms with Gasteiger partial charge in [0.25, 0.3) is 11.8 Å². The molecule has 204 valence electrons. The number of carbonyl (C=O) groups excluding carboxylic acids is 3. The van der Waals surface area contributed by atoms with Gasteiger partial charge in [-0.3, -0.25) is 19.3 Å². The summed E-state index contributed by atoms with van der Waals surface area (Å²) in [6, 6.07) is 23.8. The molecule has 2 N–H and O–H groups in total. The van der Waals surface area contributed by atoms with E-state index in [1.165, 1.54) is 0 Å². The summed E-state index contributed by atoms with van der Waals surface area (Å²) in [6.45, 7) is 0.395. The van der Waals surface area contributed by atoms with Gasteiger partial charge in [0.15, 0.2) is 5.65 Å². The van der Waals surface area contributed by atoms with Crippen LogP contribution >= 0.6 is 27.5 Å². The Labute approximate surface area is 248 Å². The molecule has 0 atom stereocenters. The van der Waals surface area contributed by atoms with Gasteiger partial charge in [-0.2, -0.15) is 9.61 Å². The molecule has 0 bridgehead atoms. The molecule has 0 radical (unpaired) electrons. The molecule has 0 saturated heterocycles. The number of hydrogen-bond donors (Lipinski definition) is 2. The van der Waals surface area contributed by atoms with Crippen molar-refractivity contribution in [1.82, 2.24) is 24.8 Å². The summed E-state index contributed by atoms with van der Waals surface area (Å²) in [6.07, 6.45) is 1.69. The Balaban J connectivity index is 1.12. The van der Waals surface area contributed by atoms with Crippen molar-refractivity contribution < 1.29 is 14.4 Å². The molecule has 0 fully saturated rings. The van der Waals surface area contributed by atoms with E-state index in [2.05, 4.69) is 31.7 Å². The third kappa shape index (κ3) is 5.31. The molecule has 1 aliphatic heterocycles. The normalized spacial score (nSPS) is 12.6. The summed E-state index contributed by atoms with van der Waals surface area (Å²) >= 11 is 9.96. The summed E-state index contributed by atoms with van der Waals surface area (Å²) < 4.78 is 2.47. The molecule has 3 aromatic carbocycles. The van der Waals surface area contributed by atoms with Crippen molar-refractivity contribution >= 4 is 56.7 Å². The number of anilines is 1. The minimum Gasteiger partial charge on any atom is -0.366 e. The molecule has 5 aromatic rings. The van der Waals surface area contributed by atoms with Gasteiger partial charge in [0, 0.05) is 29.7 Å². The number of amides is 3. The van der Waals surface area contributed by atoms with E-state index in [9.17, 15) is 14.4 Å². The summed E-state index contributed by atoms with van der Waals surface area (Å²) in [5, 5.41) is 11.3. The molecule has 0 saturated carbocycles. The molecule has 1 aliphatic rings. The average Bonchev–Trinajstić information content (AvgIpc) is 3.48. The van der Waals surface area contributed by atoms with Crippen molar-refractivity contribution in [3.63, 3.8) is 0 Å². The summed E-state index contributed by atoms with van der Waals surface area (Å²) in [4.78, 5) is 43.4. The van der Waals surface area contributed by atoms with Gasteiger partial charge in [-0.25, -0.2) is 4.98 Å². The van der Waals surface area contributed by atoms with Crippen molar-refractivity contribution in [3.05, 3.63) is 117 Å². The van der Waals surface area contributed by atoms with Crippen LogP contribution in [-0.4, -0.2) is 43.8 Å². The van der Waals surface area contributed by atoms with Gasteiger partial charge in [0.2, 0.25) is 5.91 Å². The van der Waals surface area contributed by atoms with Gasteiger partial charge < -0.3 is 10.6 Å². The topological polar surface area (TPSA) is 109 Å². The van der Waals surface area contributed by atoms with Crippen LogP contribution in [0.1, 0.15) is 31.8 Å². The van der Waals surface area contributed by atoms with Crippen LogP contribution in [0.5, 0.6) is 0 Å². The monoisotopic (exact) mass is 628 g/mol. The first kappa shape index (κ1) is 26.7. The molecule has 11 heteroatoms. The van der Waals surface area contributed by atoms with Crippen molar-refractivity contribution in [1.29, 1.82) is 0 Å². The largest absolute Gasteiger partial charge is 0.366 e. The number of rotatable bonds is 8. The van der Waals surface area contributed by atoms with Crippen LogP contribution < -0.4 is 10.6 Å². The highest BCUT2D eigenvalue weighted by Gasteiger charge is 2.36. The minimum absolute atomic E-state index is 0.248. The standard InChI is InChI=1S/C30H22BrClN6O3/c31-23-16-35-38-26(13-25(36-28(23)38)22-10-3-4-11-24(22)32)33-14-18-6-5-7-19(12-18)15-34-27(39)17-37-29(40)20-8-1-2-9-21(20)30(37)41/h1-13,16,33H,14-15,17H2,(H,34,39). The fourth-order valence-corrected chi connectivity index (χ4v) is 5.27. The van der Waals surface area contributed by atoms with Gasteiger partial charge in [-0.05, 0) is 45.3 Å². The van der Waals surface area contributed by atoms with Crippen LogP contribution in [0.3, 0.4) is 0 Å². The van der Waals surface area contributed by atoms with Crippen LogP contribution in [0.4, 0.5) is 5.82 Å². The smallest absolute Gasteiger partial charge is 0.262 e. The molecule has 41 heavy (non-hydrogen) atoms. The fraction of sp³-hybridized carbons (Fsp3) is 0.100. The van der Waals surface area contributed by atoms with Crippen LogP contribution in [-0.2, 0) is 17.9 Å². The van der Waals surface area contributed by atoms with E-state index >= 15 is 0 Å². The number of nitrogens with one attached hydrogen (secondary N) is 2. The Hall–Kier alpha value is -4.54. The predicted octanol–water partition coefficient (Wildman–Crippen LogP) is 5.34. The maximum atomic E-state index is 12.6. The molecular formula is C30H22BrClN6O3. The zero-order valence-corrected chi connectivity index (χ0v) is 23.8. The number of imide groups is 1. The summed E-state index contributed by atoms with van der Waals surface area (Å²) in [5.41, 5.74) is 4.66. The predicted molar refractivity (Wildman–Crippen MR) is 159 cm³/mol. The Bertz CT molecular complexity index is 1800. The van der Waals surface area contributed by atoms with Crippen LogP contribution in [0.15, 0.2) is 89.5 Å². The lowest BCUT2D eigenvalue weighted by molar-refractivity contribution is -0.121. The van der Waals surface area contributed by atoms with Crippen molar-refractivity contribution in [2.45, 2.75) is 13.1 Å². The highest BCUT2D eigenvalue weighted by molar-refractivity contribution is 9.10. The summed E-state index contributed by atoms with van der Waals surface area (Å²) in [5.74, 6) is -0.601. The van der Waals surface area contributed by atoms with E-state index in [0.29, 0.717) is 34.0 Å². The van der Waals surface area contributed by atoms with E-state index in [-0.39, 0.29) is 13.1 Å². The van der Waals surface area contributed by atoms with Crippen molar-refractivity contribution in [3.8, 4) is 11.3 Å². The maximum absolute atomic E-state index is 12.6. The van der Waals surface area contributed by atoms with Crippen molar-refractivity contribution in [2.24, 2.45) is 0 Å². The highest BCUT2D eigenvalue weighted by Crippen LogP contribution is 2.30. The highest BCUT2D eigenvalue weighted by atomic mass is 79.9. The first-order chi connectivity index (χ1) is 19.9. The second-order valence-electron chi connectivity index (χ2n) is 9.43. The van der Waals surface area contributed by atoms with Gasteiger partial charge >= 0.3 is 0 Å². The van der Waals surface area contributed by atoms with Crippen LogP contribution in [0, 0.1) is 0 Å². The molecule has 6 rings (SSSR count). The Morgan fingerprint density at radius 2 is 1.51 bits per heavy atom. The molecule has 3 heterocycles. The lowest BCUT2D eigenvalue weighted by Crippen LogP contribution is -2.40.